The van der Waals surface area contributed by atoms with E-state index < -0.39 is 17.8 Å². The van der Waals surface area contributed by atoms with Crippen molar-refractivity contribution in [2.45, 2.75) is 6.04 Å². The van der Waals surface area contributed by atoms with Crippen LogP contribution < -0.4 is 71.3 Å². The number of methoxy groups -OCH3 is 2. The molecule has 2 aromatic carbocycles. The van der Waals surface area contributed by atoms with E-state index in [2.05, 4.69) is 25.5 Å². The van der Waals surface area contributed by atoms with Gasteiger partial charge in [0.2, 0.25) is 0 Å². The summed E-state index contributed by atoms with van der Waals surface area (Å²) in [5, 5.41) is 23.1. The number of amides is 1. The minimum absolute atomic E-state index is 0. The van der Waals surface area contributed by atoms with Gasteiger partial charge in [0.25, 0.3) is 5.91 Å². The van der Waals surface area contributed by atoms with Crippen molar-refractivity contribution in [1.82, 2.24) is 25.5 Å². The number of hydrogen-bond donors (Lipinski definition) is 1. The molecular weight excluding hydrogens is 461 g/mol. The number of aromatic nitrogens is 4. The smallest absolute Gasteiger partial charge is 0.858 e. The Morgan fingerprint density at radius 2 is 1.53 bits per heavy atom. The number of benzene rings is 2. The topological polar surface area (TPSA) is 122 Å². The molecule has 10 heteroatoms. The third-order valence-electron chi connectivity index (χ3n) is 4.97. The fraction of sp³-hybridized carbons (Fsp3) is 0.125. The van der Waals surface area contributed by atoms with Crippen LogP contribution in [0.2, 0.25) is 0 Å². The van der Waals surface area contributed by atoms with Crippen LogP contribution in [-0.4, -0.2) is 40.3 Å². The third kappa shape index (κ3) is 5.96. The normalized spacial score (nSPS) is 10.3. The van der Waals surface area contributed by atoms with Crippen LogP contribution in [0.15, 0.2) is 73.1 Å². The largest absolute Gasteiger partial charge is 1.00 e. The summed E-state index contributed by atoms with van der Waals surface area (Å²) in [5.41, 5.74) is 1.78. The van der Waals surface area contributed by atoms with E-state index in [1.165, 1.54) is 12.4 Å². The first-order chi connectivity index (χ1) is 16.1. The summed E-state index contributed by atoms with van der Waals surface area (Å²) in [5.74, 6) is 0.182. The summed E-state index contributed by atoms with van der Waals surface area (Å²) >= 11 is 0. The Bertz CT molecular complexity index is 1190. The molecule has 0 aliphatic heterocycles. The standard InChI is InChI=1S/C24H21N5O4.K/c1-32-17-9-5-15(6-10-17)21(16-7-11-18(33-2)12-8-16)27-23(30)19-14-25-22(28-24(19)31)20-4-3-13-26-29-20;/h3-14,21H,1-2H3,(H,27,30)(H,25,28,31);/q;+1/p-1. The number of rotatable bonds is 7. The van der Waals surface area contributed by atoms with Gasteiger partial charge in [0.15, 0.2) is 5.82 Å². The summed E-state index contributed by atoms with van der Waals surface area (Å²) in [6.45, 7) is 0. The van der Waals surface area contributed by atoms with E-state index >= 15 is 0 Å². The Kier molecular flexibility index (Phi) is 9.08. The van der Waals surface area contributed by atoms with Gasteiger partial charge in [-0.1, -0.05) is 24.3 Å². The molecule has 0 spiro atoms. The van der Waals surface area contributed by atoms with Gasteiger partial charge in [-0.25, -0.2) is 9.97 Å². The van der Waals surface area contributed by atoms with Crippen LogP contribution in [0.4, 0.5) is 0 Å². The average Bonchev–Trinajstić information content (AvgIpc) is 2.88. The molecule has 2 aromatic heterocycles. The van der Waals surface area contributed by atoms with Crippen molar-refractivity contribution in [3.8, 4) is 28.9 Å². The maximum atomic E-state index is 13.0. The SMILES string of the molecule is COc1ccc(C(NC(=O)c2cnc(-c3cccnn3)nc2[O-])c2ccc(OC)cc2)cc1.[K+]. The number of nitrogens with one attached hydrogen (secondary N) is 1. The molecule has 1 amide bonds. The summed E-state index contributed by atoms with van der Waals surface area (Å²) in [6, 6.07) is 17.3. The summed E-state index contributed by atoms with van der Waals surface area (Å²) in [6.07, 6.45) is 2.70. The van der Waals surface area contributed by atoms with Gasteiger partial charge in [-0.05, 0) is 47.5 Å². The number of carbonyl (C=O) groups is 1. The van der Waals surface area contributed by atoms with Gasteiger partial charge in [0.05, 0.1) is 25.8 Å². The first kappa shape index (κ1) is 25.7. The van der Waals surface area contributed by atoms with Gasteiger partial charge in [-0.2, -0.15) is 5.10 Å². The van der Waals surface area contributed by atoms with Crippen LogP contribution in [0.1, 0.15) is 27.5 Å². The number of carbonyl (C=O) groups excluding carboxylic acids is 1. The van der Waals surface area contributed by atoms with Gasteiger partial charge in [0.1, 0.15) is 17.2 Å². The molecule has 0 aliphatic rings. The third-order valence-corrected chi connectivity index (χ3v) is 4.97. The molecule has 0 unspecified atom stereocenters. The first-order valence-corrected chi connectivity index (χ1v) is 10.00. The number of ether oxygens (including phenoxy) is 2. The van der Waals surface area contributed by atoms with Crippen LogP contribution in [0.25, 0.3) is 11.5 Å². The Labute approximate surface area is 239 Å². The molecular formula is C24H20KN5O4. The fourth-order valence-corrected chi connectivity index (χ4v) is 3.23. The molecule has 4 aromatic rings. The molecule has 2 heterocycles. The first-order valence-electron chi connectivity index (χ1n) is 10.00. The van der Waals surface area contributed by atoms with Crippen LogP contribution in [-0.2, 0) is 0 Å². The summed E-state index contributed by atoms with van der Waals surface area (Å²) in [4.78, 5) is 21.1. The zero-order valence-electron chi connectivity index (χ0n) is 18.9. The summed E-state index contributed by atoms with van der Waals surface area (Å²) in [7, 11) is 3.16. The Morgan fingerprint density at radius 3 is 2.00 bits per heavy atom. The van der Waals surface area contributed by atoms with E-state index in [4.69, 9.17) is 9.47 Å². The van der Waals surface area contributed by atoms with Crippen molar-refractivity contribution in [3.63, 3.8) is 0 Å². The Morgan fingerprint density at radius 1 is 0.941 bits per heavy atom. The summed E-state index contributed by atoms with van der Waals surface area (Å²) < 4.78 is 10.5. The van der Waals surface area contributed by atoms with E-state index in [-0.39, 0.29) is 62.8 Å². The predicted molar refractivity (Wildman–Crippen MR) is 118 cm³/mol. The Balaban J connectivity index is 0.00000324. The number of hydrogen-bond acceptors (Lipinski definition) is 8. The molecule has 0 aliphatic carbocycles. The van der Waals surface area contributed by atoms with E-state index in [0.29, 0.717) is 17.2 Å². The van der Waals surface area contributed by atoms with Crippen molar-refractivity contribution in [1.29, 1.82) is 0 Å². The van der Waals surface area contributed by atoms with E-state index in [9.17, 15) is 9.90 Å². The van der Waals surface area contributed by atoms with Crippen LogP contribution >= 0.6 is 0 Å². The molecule has 34 heavy (non-hydrogen) atoms. The van der Waals surface area contributed by atoms with Crippen LogP contribution in [0.3, 0.4) is 0 Å². The van der Waals surface area contributed by atoms with Crippen molar-refractivity contribution in [2.75, 3.05) is 14.2 Å². The molecule has 0 saturated carbocycles. The second-order valence-electron chi connectivity index (χ2n) is 6.97. The van der Waals surface area contributed by atoms with Crippen molar-refractivity contribution in [3.05, 3.63) is 89.7 Å². The minimum atomic E-state index is -0.702. The van der Waals surface area contributed by atoms with Crippen molar-refractivity contribution in [2.24, 2.45) is 0 Å². The Hall–Kier alpha value is -2.89. The number of nitrogens with zero attached hydrogens (tertiary/aromatic N) is 4. The van der Waals surface area contributed by atoms with Crippen molar-refractivity contribution < 1.29 is 70.8 Å². The monoisotopic (exact) mass is 481 g/mol. The second kappa shape index (κ2) is 12.0. The maximum Gasteiger partial charge on any atom is 1.00 e. The maximum absolute atomic E-state index is 13.0. The quantitative estimate of drug-likeness (QED) is 0.352. The molecule has 4 rings (SSSR count). The van der Waals surface area contributed by atoms with E-state index in [1.807, 2.05) is 24.3 Å². The zero-order valence-corrected chi connectivity index (χ0v) is 22.1. The average molecular weight is 482 g/mol. The molecule has 0 atom stereocenters. The fourth-order valence-electron chi connectivity index (χ4n) is 3.23. The molecule has 9 nitrogen and oxygen atoms in total. The van der Waals surface area contributed by atoms with Crippen LogP contribution in [0.5, 0.6) is 17.4 Å². The van der Waals surface area contributed by atoms with Crippen molar-refractivity contribution >= 4 is 5.91 Å². The van der Waals surface area contributed by atoms with Gasteiger partial charge in [0, 0.05) is 18.3 Å². The molecule has 0 fully saturated rings. The van der Waals surface area contributed by atoms with E-state index in [0.717, 1.165) is 11.1 Å². The molecule has 0 radical (unpaired) electrons. The molecule has 0 saturated heterocycles. The van der Waals surface area contributed by atoms with E-state index in [1.54, 1.807) is 50.6 Å². The van der Waals surface area contributed by atoms with Gasteiger partial charge in [-0.15, -0.1) is 5.10 Å². The van der Waals surface area contributed by atoms with Gasteiger partial charge < -0.3 is 19.9 Å². The molecule has 166 valence electrons. The zero-order chi connectivity index (χ0) is 23.2. The van der Waals surface area contributed by atoms with Crippen LogP contribution in [0, 0.1) is 0 Å². The molecule has 0 bridgehead atoms. The minimum Gasteiger partial charge on any atom is -0.858 e. The molecule has 1 N–H and O–H groups in total. The van der Waals surface area contributed by atoms with Gasteiger partial charge >= 0.3 is 51.4 Å². The second-order valence-corrected chi connectivity index (χ2v) is 6.97. The predicted octanol–water partition coefficient (Wildman–Crippen LogP) is -0.452. The van der Waals surface area contributed by atoms with Gasteiger partial charge in [-0.3, -0.25) is 4.79 Å².